The summed E-state index contributed by atoms with van der Waals surface area (Å²) in [6, 6.07) is 0. The molecule has 0 bridgehead atoms. The molecule has 192 valence electrons. The number of rotatable bonds is 21. The zero-order valence-corrected chi connectivity index (χ0v) is 20.6. The van der Waals surface area contributed by atoms with Crippen LogP contribution in [0.4, 0.5) is 0 Å². The van der Waals surface area contributed by atoms with Gasteiger partial charge in [0.25, 0.3) is 0 Å². The normalized spacial score (nSPS) is 16.5. The predicted molar refractivity (Wildman–Crippen MR) is 127 cm³/mol. The Bertz CT molecular complexity index is 454. The van der Waals surface area contributed by atoms with E-state index in [4.69, 9.17) is 5.11 Å². The van der Waals surface area contributed by atoms with Gasteiger partial charge in [0, 0.05) is 6.42 Å². The van der Waals surface area contributed by atoms with Gasteiger partial charge in [-0.2, -0.15) is 0 Å². The Hall–Kier alpha value is -0.770. The van der Waals surface area contributed by atoms with Gasteiger partial charge in [0.2, 0.25) is 5.91 Å². The molecule has 0 spiro atoms. The smallest absolute Gasteiger partial charge is 0.221 e. The summed E-state index contributed by atoms with van der Waals surface area (Å²) < 4.78 is 0. The zero-order valence-electron chi connectivity index (χ0n) is 20.6. The van der Waals surface area contributed by atoms with Crippen LogP contribution in [0.1, 0.15) is 97.3 Å². The average Bonchev–Trinajstić information content (AvgIpc) is 2.79. The number of hydrogen-bond donors (Lipinski definition) is 6. The van der Waals surface area contributed by atoms with Gasteiger partial charge in [-0.05, 0) is 26.4 Å². The second kappa shape index (κ2) is 19.7. The molecule has 5 atom stereocenters. The molecule has 0 aliphatic carbocycles. The summed E-state index contributed by atoms with van der Waals surface area (Å²) in [6.07, 6.45) is 6.79. The van der Waals surface area contributed by atoms with E-state index < -0.39 is 37.2 Å². The summed E-state index contributed by atoms with van der Waals surface area (Å²) in [5.41, 5.74) is 0. The highest BCUT2D eigenvalue weighted by molar-refractivity contribution is 5.76. The first kappa shape index (κ1) is 31.2. The maximum Gasteiger partial charge on any atom is 0.221 e. The van der Waals surface area contributed by atoms with Crippen molar-refractivity contribution < 1.29 is 30.3 Å². The second-order valence-corrected chi connectivity index (χ2v) is 9.00. The van der Waals surface area contributed by atoms with Crippen LogP contribution < -0.4 is 5.32 Å². The molecule has 32 heavy (non-hydrogen) atoms. The molecule has 0 radical (unpaired) electrons. The fraction of sp³-hybridized carbons (Fsp3) is 0.958. The van der Waals surface area contributed by atoms with Crippen LogP contribution in [0.15, 0.2) is 0 Å². The number of hydrogen-bond acceptors (Lipinski definition) is 7. The van der Waals surface area contributed by atoms with Crippen molar-refractivity contribution in [3.63, 3.8) is 0 Å². The Labute approximate surface area is 195 Å². The van der Waals surface area contributed by atoms with E-state index in [1.807, 2.05) is 6.92 Å². The van der Waals surface area contributed by atoms with Crippen LogP contribution in [-0.4, -0.2) is 87.1 Å². The molecule has 8 nitrogen and oxygen atoms in total. The third-order valence-electron chi connectivity index (χ3n) is 5.97. The molecule has 0 aliphatic rings. The van der Waals surface area contributed by atoms with E-state index >= 15 is 0 Å². The number of amides is 1. The lowest BCUT2D eigenvalue weighted by Gasteiger charge is -2.36. The molecule has 0 aromatic rings. The summed E-state index contributed by atoms with van der Waals surface area (Å²) in [6.45, 7) is 4.00. The molecule has 1 unspecified atom stereocenters. The highest BCUT2D eigenvalue weighted by Gasteiger charge is 2.37. The third kappa shape index (κ3) is 13.7. The van der Waals surface area contributed by atoms with Crippen LogP contribution in [0.25, 0.3) is 0 Å². The Kier molecular flexibility index (Phi) is 19.2. The third-order valence-corrected chi connectivity index (χ3v) is 5.97. The van der Waals surface area contributed by atoms with E-state index in [1.54, 1.807) is 11.9 Å². The number of nitrogens with one attached hydrogen (secondary N) is 1. The number of unbranched alkanes of at least 4 members (excludes halogenated alkanes) is 10. The van der Waals surface area contributed by atoms with Gasteiger partial charge in [0.1, 0.15) is 30.6 Å². The van der Waals surface area contributed by atoms with E-state index in [0.717, 1.165) is 25.7 Å². The maximum absolute atomic E-state index is 12.4. The SMILES string of the molecule is CCCCCCCCCCCCCC(=O)NC([C@H](O)[C@@H](O)[C@H](O)[C@H](O)CO)N(C)CCC. The Morgan fingerprint density at radius 3 is 1.72 bits per heavy atom. The molecule has 0 aliphatic heterocycles. The van der Waals surface area contributed by atoms with Gasteiger partial charge in [0.05, 0.1) is 6.61 Å². The van der Waals surface area contributed by atoms with E-state index in [1.165, 1.54) is 51.4 Å². The molecule has 0 saturated carbocycles. The van der Waals surface area contributed by atoms with E-state index in [9.17, 15) is 25.2 Å². The monoisotopic (exact) mass is 462 g/mol. The van der Waals surface area contributed by atoms with E-state index in [-0.39, 0.29) is 5.91 Å². The van der Waals surface area contributed by atoms with Crippen molar-refractivity contribution in [2.75, 3.05) is 20.2 Å². The second-order valence-electron chi connectivity index (χ2n) is 9.00. The summed E-state index contributed by atoms with van der Waals surface area (Å²) in [4.78, 5) is 14.1. The summed E-state index contributed by atoms with van der Waals surface area (Å²) in [5.74, 6) is -0.225. The Balaban J connectivity index is 4.34. The number of aliphatic hydroxyl groups is 5. The lowest BCUT2D eigenvalue weighted by atomic mass is 10.0. The number of nitrogens with zero attached hydrogens (tertiary/aromatic N) is 1. The zero-order chi connectivity index (χ0) is 24.4. The van der Waals surface area contributed by atoms with Crippen molar-refractivity contribution in [2.24, 2.45) is 0 Å². The van der Waals surface area contributed by atoms with Crippen molar-refractivity contribution in [1.82, 2.24) is 10.2 Å². The molecular weight excluding hydrogens is 412 g/mol. The highest BCUT2D eigenvalue weighted by Crippen LogP contribution is 2.14. The first-order valence-electron chi connectivity index (χ1n) is 12.6. The number of carbonyl (C=O) groups excluding carboxylic acids is 1. The standard InChI is InChI=1S/C24H50N2O6/c1-4-6-7-8-9-10-11-12-13-14-15-16-20(29)25-24(26(3)17-5-2)23(32)22(31)21(30)19(28)18-27/h19,21-24,27-28,30-32H,4-18H2,1-3H3,(H,25,29)/t19-,21-,22+,23-,24?/m1/s1. The van der Waals surface area contributed by atoms with E-state index in [0.29, 0.717) is 13.0 Å². The van der Waals surface area contributed by atoms with Gasteiger partial charge in [-0.25, -0.2) is 0 Å². The predicted octanol–water partition coefficient (Wildman–Crippen LogP) is 1.91. The largest absolute Gasteiger partial charge is 0.394 e. The van der Waals surface area contributed by atoms with E-state index in [2.05, 4.69) is 12.2 Å². The van der Waals surface area contributed by atoms with Gasteiger partial charge in [-0.3, -0.25) is 9.69 Å². The number of carbonyl (C=O) groups is 1. The van der Waals surface area contributed by atoms with Crippen molar-refractivity contribution >= 4 is 5.91 Å². The minimum Gasteiger partial charge on any atom is -0.394 e. The molecule has 8 heteroatoms. The highest BCUT2D eigenvalue weighted by atomic mass is 16.4. The molecule has 0 aromatic heterocycles. The van der Waals surface area contributed by atoms with Crippen molar-refractivity contribution in [2.45, 2.75) is 128 Å². The number of aliphatic hydroxyl groups excluding tert-OH is 5. The summed E-state index contributed by atoms with van der Waals surface area (Å²) in [7, 11) is 1.71. The first-order chi connectivity index (χ1) is 15.3. The molecule has 0 saturated heterocycles. The molecule has 0 fully saturated rings. The molecule has 0 heterocycles. The fourth-order valence-electron chi connectivity index (χ4n) is 3.86. The lowest BCUT2D eigenvalue weighted by Crippen LogP contribution is -2.60. The molecule has 6 N–H and O–H groups in total. The van der Waals surface area contributed by atoms with Gasteiger partial charge in [-0.1, -0.05) is 78.1 Å². The minimum absolute atomic E-state index is 0.225. The van der Waals surface area contributed by atoms with Crippen molar-refractivity contribution in [1.29, 1.82) is 0 Å². The summed E-state index contributed by atoms with van der Waals surface area (Å²) >= 11 is 0. The first-order valence-corrected chi connectivity index (χ1v) is 12.6. The van der Waals surface area contributed by atoms with Crippen LogP contribution in [0.5, 0.6) is 0 Å². The van der Waals surface area contributed by atoms with Crippen LogP contribution >= 0.6 is 0 Å². The maximum atomic E-state index is 12.4. The average molecular weight is 463 g/mol. The van der Waals surface area contributed by atoms with Crippen molar-refractivity contribution in [3.05, 3.63) is 0 Å². The van der Waals surface area contributed by atoms with Crippen LogP contribution in [0.2, 0.25) is 0 Å². The van der Waals surface area contributed by atoms with Crippen molar-refractivity contribution in [3.8, 4) is 0 Å². The molecule has 0 rings (SSSR count). The topological polar surface area (TPSA) is 133 Å². The fourth-order valence-corrected chi connectivity index (χ4v) is 3.86. The lowest BCUT2D eigenvalue weighted by molar-refractivity contribution is -0.141. The molecule has 1 amide bonds. The van der Waals surface area contributed by atoms with Crippen LogP contribution in [0, 0.1) is 0 Å². The van der Waals surface area contributed by atoms with Crippen LogP contribution in [0.3, 0.4) is 0 Å². The quantitative estimate of drug-likeness (QED) is 0.113. The Morgan fingerprint density at radius 2 is 1.25 bits per heavy atom. The summed E-state index contributed by atoms with van der Waals surface area (Å²) in [5, 5.41) is 51.9. The van der Waals surface area contributed by atoms with Gasteiger partial charge >= 0.3 is 0 Å². The van der Waals surface area contributed by atoms with Gasteiger partial charge in [0.15, 0.2) is 0 Å². The van der Waals surface area contributed by atoms with Gasteiger partial charge in [-0.15, -0.1) is 0 Å². The number of likely N-dealkylation sites (N-methyl/N-ethyl adjacent to an activating group) is 1. The van der Waals surface area contributed by atoms with Gasteiger partial charge < -0.3 is 30.8 Å². The Morgan fingerprint density at radius 1 is 0.750 bits per heavy atom. The molecular formula is C24H50N2O6. The van der Waals surface area contributed by atoms with Crippen LogP contribution in [-0.2, 0) is 4.79 Å². The minimum atomic E-state index is -1.73. The molecule has 0 aromatic carbocycles.